The molecule has 0 N–H and O–H groups in total. The number of aryl methyl sites for hydroxylation is 1. The third kappa shape index (κ3) is 2.92. The van der Waals surface area contributed by atoms with Crippen molar-refractivity contribution in [3.63, 3.8) is 0 Å². The number of hydrogen-bond donors (Lipinski definition) is 0. The lowest BCUT2D eigenvalue weighted by Gasteiger charge is -2.22. The molecule has 23 heavy (non-hydrogen) atoms. The second-order valence-corrected chi connectivity index (χ2v) is 6.12. The minimum Gasteiger partial charge on any atom is -0.359 e. The summed E-state index contributed by atoms with van der Waals surface area (Å²) in [6.45, 7) is 4.01. The summed E-state index contributed by atoms with van der Waals surface area (Å²) in [6.07, 6.45) is 6.09. The number of hydrogen-bond acceptors (Lipinski definition) is 4. The van der Waals surface area contributed by atoms with Crippen LogP contribution in [0, 0.1) is 6.92 Å². The number of rotatable bonds is 4. The van der Waals surface area contributed by atoms with E-state index in [1.54, 1.807) is 6.20 Å². The van der Waals surface area contributed by atoms with E-state index in [0.29, 0.717) is 6.04 Å². The smallest absolute Gasteiger partial charge is 0.154 e. The molecule has 1 saturated heterocycles. The molecule has 0 saturated carbocycles. The molecule has 5 nitrogen and oxygen atoms in total. The van der Waals surface area contributed by atoms with Crippen molar-refractivity contribution in [2.75, 3.05) is 6.54 Å². The summed E-state index contributed by atoms with van der Waals surface area (Å²) in [5.41, 5.74) is 3.35. The van der Waals surface area contributed by atoms with E-state index in [2.05, 4.69) is 45.5 Å². The normalized spacial score (nSPS) is 18.6. The third-order valence-electron chi connectivity index (χ3n) is 4.43. The largest absolute Gasteiger partial charge is 0.359 e. The van der Waals surface area contributed by atoms with E-state index < -0.39 is 0 Å². The summed E-state index contributed by atoms with van der Waals surface area (Å²) in [5.74, 6) is 0.994. The zero-order valence-electron chi connectivity index (χ0n) is 13.2. The fourth-order valence-electron chi connectivity index (χ4n) is 3.29. The summed E-state index contributed by atoms with van der Waals surface area (Å²) < 4.78 is 7.36. The molecule has 118 valence electrons. The van der Waals surface area contributed by atoms with E-state index in [9.17, 15) is 0 Å². The van der Waals surface area contributed by atoms with Crippen LogP contribution in [0.3, 0.4) is 0 Å². The first-order valence-corrected chi connectivity index (χ1v) is 8.06. The van der Waals surface area contributed by atoms with Gasteiger partial charge in [-0.05, 0) is 50.1 Å². The SMILES string of the molecule is Cc1cc([C@H]2CCCN2Cc2ccc(-n3cccn3)cc2)on1. The van der Waals surface area contributed by atoms with E-state index in [-0.39, 0.29) is 0 Å². The molecular weight excluding hydrogens is 288 g/mol. The van der Waals surface area contributed by atoms with Crippen molar-refractivity contribution < 1.29 is 4.52 Å². The van der Waals surface area contributed by atoms with Crippen molar-refractivity contribution in [3.8, 4) is 5.69 Å². The van der Waals surface area contributed by atoms with Crippen LogP contribution in [0.1, 0.15) is 35.9 Å². The summed E-state index contributed by atoms with van der Waals surface area (Å²) in [6, 6.07) is 12.9. The number of likely N-dealkylation sites (tertiary alicyclic amines) is 1. The van der Waals surface area contributed by atoms with E-state index in [1.807, 2.05) is 23.9 Å². The molecule has 1 aromatic carbocycles. The average Bonchev–Trinajstić information content (AvgIpc) is 3.29. The molecule has 0 amide bonds. The van der Waals surface area contributed by atoms with Gasteiger partial charge in [0.25, 0.3) is 0 Å². The summed E-state index contributed by atoms with van der Waals surface area (Å²) in [4.78, 5) is 2.48. The van der Waals surface area contributed by atoms with Crippen molar-refractivity contribution in [2.24, 2.45) is 0 Å². The number of nitrogens with zero attached hydrogens (tertiary/aromatic N) is 4. The monoisotopic (exact) mass is 308 g/mol. The Bertz CT molecular complexity index is 761. The standard InChI is InChI=1S/C18H20N4O/c1-14-12-18(23-20-14)17-4-2-10-21(17)13-15-5-7-16(8-6-15)22-11-3-9-19-22/h3,5-9,11-12,17H,2,4,10,13H2,1H3/t17-/m1/s1. The van der Waals surface area contributed by atoms with Crippen molar-refractivity contribution >= 4 is 0 Å². The van der Waals surface area contributed by atoms with Crippen LogP contribution in [0.2, 0.25) is 0 Å². The summed E-state index contributed by atoms with van der Waals surface area (Å²) in [7, 11) is 0. The molecule has 2 aromatic heterocycles. The first-order chi connectivity index (χ1) is 11.3. The molecule has 1 atom stereocenters. The summed E-state index contributed by atoms with van der Waals surface area (Å²) >= 11 is 0. The molecule has 0 bridgehead atoms. The lowest BCUT2D eigenvalue weighted by atomic mass is 10.1. The quantitative estimate of drug-likeness (QED) is 0.740. The predicted octanol–water partition coefficient (Wildman–Crippen LogP) is 3.51. The van der Waals surface area contributed by atoms with Crippen LogP contribution >= 0.6 is 0 Å². The lowest BCUT2D eigenvalue weighted by Crippen LogP contribution is -2.22. The van der Waals surface area contributed by atoms with Gasteiger partial charge in [-0.15, -0.1) is 0 Å². The molecule has 0 aliphatic carbocycles. The van der Waals surface area contributed by atoms with E-state index in [4.69, 9.17) is 4.52 Å². The fraction of sp³-hybridized carbons (Fsp3) is 0.333. The predicted molar refractivity (Wildman–Crippen MR) is 87.2 cm³/mol. The van der Waals surface area contributed by atoms with Crippen molar-refractivity contribution in [1.82, 2.24) is 19.8 Å². The van der Waals surface area contributed by atoms with Crippen LogP contribution in [0.4, 0.5) is 0 Å². The molecule has 3 heterocycles. The van der Waals surface area contributed by atoms with Gasteiger partial charge in [0.1, 0.15) is 0 Å². The molecule has 0 unspecified atom stereocenters. The molecule has 4 rings (SSSR count). The molecule has 0 radical (unpaired) electrons. The van der Waals surface area contributed by atoms with Gasteiger partial charge in [0, 0.05) is 25.0 Å². The molecule has 3 aromatic rings. The molecule has 1 aliphatic rings. The van der Waals surface area contributed by atoms with Gasteiger partial charge >= 0.3 is 0 Å². The average molecular weight is 308 g/mol. The van der Waals surface area contributed by atoms with Crippen LogP contribution in [-0.2, 0) is 6.54 Å². The van der Waals surface area contributed by atoms with E-state index in [1.165, 1.54) is 12.0 Å². The minimum atomic E-state index is 0.349. The first kappa shape index (κ1) is 14.2. The topological polar surface area (TPSA) is 47.1 Å². The second-order valence-electron chi connectivity index (χ2n) is 6.12. The molecule has 1 aliphatic heterocycles. The molecular formula is C18H20N4O. The van der Waals surface area contributed by atoms with Crippen LogP contribution in [-0.4, -0.2) is 26.4 Å². The van der Waals surface area contributed by atoms with E-state index in [0.717, 1.165) is 36.7 Å². The Morgan fingerprint density at radius 2 is 2.13 bits per heavy atom. The maximum atomic E-state index is 5.48. The highest BCUT2D eigenvalue weighted by molar-refractivity contribution is 5.33. The van der Waals surface area contributed by atoms with Gasteiger partial charge in [0.05, 0.1) is 17.4 Å². The fourth-order valence-corrected chi connectivity index (χ4v) is 3.29. The Morgan fingerprint density at radius 1 is 1.26 bits per heavy atom. The van der Waals surface area contributed by atoms with Crippen molar-refractivity contribution in [2.45, 2.75) is 32.4 Å². The molecule has 0 spiro atoms. The number of aromatic nitrogens is 3. The van der Waals surface area contributed by atoms with Gasteiger partial charge in [-0.3, -0.25) is 4.90 Å². The Balaban J connectivity index is 1.49. The van der Waals surface area contributed by atoms with Crippen LogP contribution in [0.15, 0.2) is 53.3 Å². The minimum absolute atomic E-state index is 0.349. The Kier molecular flexibility index (Phi) is 3.71. The van der Waals surface area contributed by atoms with Crippen LogP contribution < -0.4 is 0 Å². The van der Waals surface area contributed by atoms with Gasteiger partial charge in [0.15, 0.2) is 5.76 Å². The Labute approximate surface area is 135 Å². The lowest BCUT2D eigenvalue weighted by molar-refractivity contribution is 0.206. The maximum Gasteiger partial charge on any atom is 0.154 e. The summed E-state index contributed by atoms with van der Waals surface area (Å²) in [5, 5.41) is 8.29. The highest BCUT2D eigenvalue weighted by Crippen LogP contribution is 2.33. The Morgan fingerprint density at radius 3 is 2.83 bits per heavy atom. The number of benzene rings is 1. The Hall–Kier alpha value is -2.40. The highest BCUT2D eigenvalue weighted by Gasteiger charge is 2.28. The van der Waals surface area contributed by atoms with Gasteiger partial charge in [-0.2, -0.15) is 5.10 Å². The zero-order chi connectivity index (χ0) is 15.6. The molecule has 1 fully saturated rings. The van der Waals surface area contributed by atoms with Crippen LogP contribution in [0.5, 0.6) is 0 Å². The third-order valence-corrected chi connectivity index (χ3v) is 4.43. The van der Waals surface area contributed by atoms with Gasteiger partial charge in [-0.25, -0.2) is 4.68 Å². The zero-order valence-corrected chi connectivity index (χ0v) is 13.2. The van der Waals surface area contributed by atoms with E-state index >= 15 is 0 Å². The van der Waals surface area contributed by atoms with Gasteiger partial charge < -0.3 is 4.52 Å². The van der Waals surface area contributed by atoms with Gasteiger partial charge in [-0.1, -0.05) is 17.3 Å². The molecule has 5 heteroatoms. The maximum absolute atomic E-state index is 5.48. The second kappa shape index (κ2) is 6.01. The van der Waals surface area contributed by atoms with Gasteiger partial charge in [0.2, 0.25) is 0 Å². The van der Waals surface area contributed by atoms with Crippen LogP contribution in [0.25, 0.3) is 5.69 Å². The first-order valence-electron chi connectivity index (χ1n) is 8.06. The van der Waals surface area contributed by atoms with Crippen molar-refractivity contribution in [1.29, 1.82) is 0 Å². The highest BCUT2D eigenvalue weighted by atomic mass is 16.5. The van der Waals surface area contributed by atoms with Crippen molar-refractivity contribution in [3.05, 3.63) is 65.8 Å².